The minimum absolute atomic E-state index is 0.0793. The first-order chi connectivity index (χ1) is 12.5. The Bertz CT molecular complexity index is 983. The van der Waals surface area contributed by atoms with Crippen LogP contribution in [0.4, 0.5) is 15.2 Å². The highest BCUT2D eigenvalue weighted by Gasteiger charge is 2.10. The van der Waals surface area contributed by atoms with E-state index in [1.807, 2.05) is 0 Å². The Labute approximate surface area is 151 Å². The summed E-state index contributed by atoms with van der Waals surface area (Å²) in [4.78, 5) is 26.7. The molecule has 6 nitrogen and oxygen atoms in total. The van der Waals surface area contributed by atoms with Crippen LogP contribution >= 0.6 is 11.3 Å². The quantitative estimate of drug-likeness (QED) is 0.407. The minimum atomic E-state index is -0.507. The van der Waals surface area contributed by atoms with E-state index in [2.05, 4.69) is 10.3 Å². The van der Waals surface area contributed by atoms with Crippen LogP contribution < -0.4 is 5.32 Å². The average Bonchev–Trinajstić information content (AvgIpc) is 3.09. The number of halogens is 1. The summed E-state index contributed by atoms with van der Waals surface area (Å²) in [5.74, 6) is -0.791. The van der Waals surface area contributed by atoms with Crippen LogP contribution in [0.5, 0.6) is 0 Å². The maximum atomic E-state index is 13.0. The summed E-state index contributed by atoms with van der Waals surface area (Å²) >= 11 is 1.23. The van der Waals surface area contributed by atoms with Gasteiger partial charge >= 0.3 is 0 Å². The number of aromatic nitrogens is 1. The molecule has 2 aromatic carbocycles. The Morgan fingerprint density at radius 3 is 2.65 bits per heavy atom. The topological polar surface area (TPSA) is 85.1 Å². The summed E-state index contributed by atoms with van der Waals surface area (Å²) < 4.78 is 13.0. The molecule has 0 saturated heterocycles. The average molecular weight is 369 g/mol. The Balaban J connectivity index is 1.69. The molecular formula is C18H12FN3O3S. The second kappa shape index (κ2) is 7.66. The number of nitrogens with zero attached hydrogens (tertiary/aromatic N) is 2. The SMILES string of the molecule is O=C(/C=C/c1ccccc1[N+](=O)[O-])Nc1nc(-c2ccc(F)cc2)cs1. The van der Waals surface area contributed by atoms with Crippen LogP contribution in [-0.4, -0.2) is 15.8 Å². The molecule has 0 saturated carbocycles. The summed E-state index contributed by atoms with van der Waals surface area (Å²) in [5.41, 5.74) is 1.61. The first-order valence-electron chi connectivity index (χ1n) is 7.47. The monoisotopic (exact) mass is 369 g/mol. The number of nitro groups is 1. The van der Waals surface area contributed by atoms with Crippen molar-refractivity contribution in [1.29, 1.82) is 0 Å². The predicted octanol–water partition coefficient (Wildman–Crippen LogP) is 4.51. The number of rotatable bonds is 5. The van der Waals surface area contributed by atoms with Crippen LogP contribution in [0.1, 0.15) is 5.56 Å². The standard InChI is InChI=1S/C18H12FN3O3S/c19-14-8-5-12(6-9-14)15-11-26-18(20-15)21-17(23)10-7-13-3-1-2-4-16(13)22(24)25/h1-11H,(H,20,21,23)/b10-7+. The van der Waals surface area contributed by atoms with E-state index in [0.29, 0.717) is 16.4 Å². The van der Waals surface area contributed by atoms with Gasteiger partial charge in [0.2, 0.25) is 5.91 Å². The van der Waals surface area contributed by atoms with E-state index < -0.39 is 10.8 Å². The first kappa shape index (κ1) is 17.4. The maximum absolute atomic E-state index is 13.0. The Morgan fingerprint density at radius 2 is 1.92 bits per heavy atom. The fourth-order valence-corrected chi connectivity index (χ4v) is 2.91. The van der Waals surface area contributed by atoms with Gasteiger partial charge in [-0.2, -0.15) is 0 Å². The second-order valence-electron chi connectivity index (χ2n) is 5.18. The molecule has 1 N–H and O–H groups in total. The number of nitrogens with one attached hydrogen (secondary N) is 1. The Kier molecular flexibility index (Phi) is 5.14. The molecule has 1 aromatic heterocycles. The molecule has 26 heavy (non-hydrogen) atoms. The first-order valence-corrected chi connectivity index (χ1v) is 8.35. The van der Waals surface area contributed by atoms with Gasteiger partial charge in [-0.05, 0) is 36.4 Å². The number of anilines is 1. The second-order valence-corrected chi connectivity index (χ2v) is 6.04. The molecule has 0 fully saturated rings. The number of carbonyl (C=O) groups is 1. The highest BCUT2D eigenvalue weighted by molar-refractivity contribution is 7.14. The van der Waals surface area contributed by atoms with Gasteiger partial charge in [-0.25, -0.2) is 9.37 Å². The summed E-state index contributed by atoms with van der Waals surface area (Å²) in [6.45, 7) is 0. The molecule has 0 atom stereocenters. The summed E-state index contributed by atoms with van der Waals surface area (Å²) in [7, 11) is 0. The zero-order chi connectivity index (χ0) is 18.5. The molecule has 0 aliphatic carbocycles. The molecule has 0 spiro atoms. The van der Waals surface area contributed by atoms with Gasteiger partial charge in [0.15, 0.2) is 5.13 Å². The van der Waals surface area contributed by atoms with E-state index in [1.165, 1.54) is 41.7 Å². The number of para-hydroxylation sites is 1. The largest absolute Gasteiger partial charge is 0.298 e. The van der Waals surface area contributed by atoms with Crippen molar-refractivity contribution in [2.24, 2.45) is 0 Å². The molecule has 0 radical (unpaired) electrons. The number of thiazole rings is 1. The number of hydrogen-bond acceptors (Lipinski definition) is 5. The number of hydrogen-bond donors (Lipinski definition) is 1. The van der Waals surface area contributed by atoms with E-state index in [9.17, 15) is 19.3 Å². The molecule has 0 aliphatic rings. The van der Waals surface area contributed by atoms with Gasteiger partial charge in [-0.15, -0.1) is 11.3 Å². The van der Waals surface area contributed by atoms with E-state index >= 15 is 0 Å². The van der Waals surface area contributed by atoms with Gasteiger partial charge in [-0.1, -0.05) is 12.1 Å². The van der Waals surface area contributed by atoms with E-state index in [4.69, 9.17) is 0 Å². The highest BCUT2D eigenvalue weighted by Crippen LogP contribution is 2.25. The lowest BCUT2D eigenvalue weighted by Gasteiger charge is -1.98. The third-order valence-electron chi connectivity index (χ3n) is 3.42. The predicted molar refractivity (Wildman–Crippen MR) is 98.3 cm³/mol. The van der Waals surface area contributed by atoms with Crippen molar-refractivity contribution in [2.45, 2.75) is 0 Å². The van der Waals surface area contributed by atoms with E-state index in [0.717, 1.165) is 5.56 Å². The van der Waals surface area contributed by atoms with Crippen molar-refractivity contribution in [3.05, 3.63) is 81.5 Å². The number of nitro benzene ring substituents is 1. The minimum Gasteiger partial charge on any atom is -0.298 e. The van der Waals surface area contributed by atoms with Gasteiger partial charge in [0, 0.05) is 23.1 Å². The molecular weight excluding hydrogens is 357 g/mol. The van der Waals surface area contributed by atoms with Crippen LogP contribution in [0, 0.1) is 15.9 Å². The number of benzene rings is 2. The summed E-state index contributed by atoms with van der Waals surface area (Å²) in [6, 6.07) is 12.0. The fourth-order valence-electron chi connectivity index (χ4n) is 2.19. The summed E-state index contributed by atoms with van der Waals surface area (Å²) in [5, 5.41) is 15.7. The van der Waals surface area contributed by atoms with Crippen LogP contribution in [0.15, 0.2) is 60.0 Å². The Morgan fingerprint density at radius 1 is 1.19 bits per heavy atom. The van der Waals surface area contributed by atoms with Crippen molar-refractivity contribution in [3.63, 3.8) is 0 Å². The molecule has 1 amide bonds. The third-order valence-corrected chi connectivity index (χ3v) is 4.18. The molecule has 0 unspecified atom stereocenters. The molecule has 3 aromatic rings. The third kappa shape index (κ3) is 4.17. The molecule has 3 rings (SSSR count). The number of carbonyl (C=O) groups excluding carboxylic acids is 1. The number of amides is 1. The van der Waals surface area contributed by atoms with Crippen molar-refractivity contribution in [3.8, 4) is 11.3 Å². The molecule has 0 bridgehead atoms. The normalized spacial score (nSPS) is 10.8. The summed E-state index contributed by atoms with van der Waals surface area (Å²) in [6.07, 6.45) is 2.59. The fraction of sp³-hybridized carbons (Fsp3) is 0. The van der Waals surface area contributed by atoms with E-state index in [1.54, 1.807) is 35.7 Å². The highest BCUT2D eigenvalue weighted by atomic mass is 32.1. The zero-order valence-electron chi connectivity index (χ0n) is 13.3. The molecule has 1 heterocycles. The van der Waals surface area contributed by atoms with Crippen LogP contribution in [0.25, 0.3) is 17.3 Å². The molecule has 130 valence electrons. The van der Waals surface area contributed by atoms with Gasteiger partial charge in [0.05, 0.1) is 16.2 Å². The molecule has 8 heteroatoms. The zero-order valence-corrected chi connectivity index (χ0v) is 14.1. The van der Waals surface area contributed by atoms with Gasteiger partial charge in [0.25, 0.3) is 5.69 Å². The van der Waals surface area contributed by atoms with Crippen molar-refractivity contribution in [2.75, 3.05) is 5.32 Å². The van der Waals surface area contributed by atoms with Crippen LogP contribution in [0.3, 0.4) is 0 Å². The van der Waals surface area contributed by atoms with Gasteiger partial charge < -0.3 is 0 Å². The lowest BCUT2D eigenvalue weighted by atomic mass is 10.1. The smallest absolute Gasteiger partial charge is 0.276 e. The van der Waals surface area contributed by atoms with E-state index in [-0.39, 0.29) is 11.5 Å². The lowest BCUT2D eigenvalue weighted by molar-refractivity contribution is -0.385. The van der Waals surface area contributed by atoms with Crippen molar-refractivity contribution >= 4 is 34.1 Å². The van der Waals surface area contributed by atoms with Crippen molar-refractivity contribution in [1.82, 2.24) is 4.98 Å². The maximum Gasteiger partial charge on any atom is 0.276 e. The molecule has 0 aliphatic heterocycles. The van der Waals surface area contributed by atoms with Gasteiger partial charge in [0.1, 0.15) is 5.82 Å². The van der Waals surface area contributed by atoms with Crippen molar-refractivity contribution < 1.29 is 14.1 Å². The van der Waals surface area contributed by atoms with Gasteiger partial charge in [-0.3, -0.25) is 20.2 Å². The van der Waals surface area contributed by atoms with Crippen LogP contribution in [0.2, 0.25) is 0 Å². The van der Waals surface area contributed by atoms with Crippen LogP contribution in [-0.2, 0) is 4.79 Å². The Hall–Kier alpha value is -3.39. The lowest BCUT2D eigenvalue weighted by Crippen LogP contribution is -2.07.